The van der Waals surface area contributed by atoms with Crippen LogP contribution in [-0.2, 0) is 6.54 Å². The molecular weight excluding hydrogens is 254 g/mol. The van der Waals surface area contributed by atoms with Crippen LogP contribution in [0.4, 0.5) is 5.69 Å². The molecule has 2 N–H and O–H groups in total. The Bertz CT molecular complexity index is 609. The van der Waals surface area contributed by atoms with Crippen molar-refractivity contribution in [3.05, 3.63) is 24.0 Å². The predicted octanol–water partition coefficient (Wildman–Crippen LogP) is 3.25. The fourth-order valence-corrected chi connectivity index (χ4v) is 4.27. The summed E-state index contributed by atoms with van der Waals surface area (Å²) in [6.07, 6.45) is 3.96. The molecule has 0 amide bonds. The molecule has 1 aromatic heterocycles. The van der Waals surface area contributed by atoms with Crippen LogP contribution in [0.3, 0.4) is 0 Å². The molecule has 4 rings (SSSR count). The Kier molecular flexibility index (Phi) is 2.72. The zero-order valence-corrected chi connectivity index (χ0v) is 11.8. The average Bonchev–Trinajstić information content (AvgIpc) is 3.00. The normalized spacial score (nSPS) is 23.3. The maximum atomic E-state index is 5.89. The second-order valence-corrected chi connectivity index (χ2v) is 6.98. The van der Waals surface area contributed by atoms with Gasteiger partial charge in [0.05, 0.1) is 11.0 Å². The van der Waals surface area contributed by atoms with Crippen molar-refractivity contribution in [2.24, 2.45) is 5.92 Å². The van der Waals surface area contributed by atoms with Gasteiger partial charge in [-0.05, 0) is 54.9 Å². The van der Waals surface area contributed by atoms with Crippen LogP contribution >= 0.6 is 11.8 Å². The molecule has 2 aromatic rings. The van der Waals surface area contributed by atoms with Gasteiger partial charge in [0.1, 0.15) is 5.82 Å². The number of nitrogens with two attached hydrogens (primary N) is 1. The second kappa shape index (κ2) is 4.44. The van der Waals surface area contributed by atoms with Gasteiger partial charge in [0.15, 0.2) is 0 Å². The smallest absolute Gasteiger partial charge is 0.113 e. The molecule has 4 heteroatoms. The Balaban J connectivity index is 1.78. The van der Waals surface area contributed by atoms with Crippen molar-refractivity contribution in [2.75, 3.05) is 17.2 Å². The first-order valence-corrected chi connectivity index (χ1v) is 8.30. The predicted molar refractivity (Wildman–Crippen MR) is 81.6 cm³/mol. The average molecular weight is 273 g/mol. The van der Waals surface area contributed by atoms with Crippen molar-refractivity contribution >= 4 is 28.5 Å². The van der Waals surface area contributed by atoms with Gasteiger partial charge in [-0.2, -0.15) is 11.8 Å². The molecule has 1 aliphatic heterocycles. The molecule has 100 valence electrons. The van der Waals surface area contributed by atoms with E-state index in [0.29, 0.717) is 5.92 Å². The topological polar surface area (TPSA) is 43.8 Å². The molecule has 1 aliphatic carbocycles. The summed E-state index contributed by atoms with van der Waals surface area (Å²) in [4.78, 5) is 4.85. The number of imidazole rings is 1. The van der Waals surface area contributed by atoms with E-state index < -0.39 is 0 Å². The van der Waals surface area contributed by atoms with E-state index in [1.54, 1.807) is 0 Å². The van der Waals surface area contributed by atoms with Crippen molar-refractivity contribution in [2.45, 2.75) is 31.7 Å². The number of aromatic nitrogens is 2. The van der Waals surface area contributed by atoms with Crippen molar-refractivity contribution in [1.29, 1.82) is 0 Å². The first-order chi connectivity index (χ1) is 9.31. The van der Waals surface area contributed by atoms with Crippen LogP contribution in [0.2, 0.25) is 0 Å². The molecule has 1 saturated heterocycles. The lowest BCUT2D eigenvalue weighted by molar-refractivity contribution is 0.488. The van der Waals surface area contributed by atoms with Gasteiger partial charge in [0, 0.05) is 18.2 Å². The highest BCUT2D eigenvalue weighted by Gasteiger charge is 2.30. The summed E-state index contributed by atoms with van der Waals surface area (Å²) in [5.74, 6) is 5.44. The number of rotatable bonds is 3. The van der Waals surface area contributed by atoms with Crippen LogP contribution in [0.15, 0.2) is 18.2 Å². The van der Waals surface area contributed by atoms with Crippen molar-refractivity contribution in [3.63, 3.8) is 0 Å². The zero-order valence-electron chi connectivity index (χ0n) is 11.0. The lowest BCUT2D eigenvalue weighted by Gasteiger charge is -2.13. The molecule has 1 aromatic carbocycles. The van der Waals surface area contributed by atoms with E-state index in [1.807, 2.05) is 12.1 Å². The third-order valence-corrected chi connectivity index (χ3v) is 5.44. The zero-order chi connectivity index (χ0) is 12.8. The van der Waals surface area contributed by atoms with Gasteiger partial charge in [-0.25, -0.2) is 4.98 Å². The first-order valence-electron chi connectivity index (χ1n) is 7.14. The molecule has 2 aliphatic rings. The Hall–Kier alpha value is -1.16. The summed E-state index contributed by atoms with van der Waals surface area (Å²) in [5, 5.41) is 0. The molecule has 1 saturated carbocycles. The minimum Gasteiger partial charge on any atom is -0.399 e. The van der Waals surface area contributed by atoms with Crippen molar-refractivity contribution in [1.82, 2.24) is 9.55 Å². The second-order valence-electron chi connectivity index (χ2n) is 5.83. The molecule has 3 nitrogen and oxygen atoms in total. The van der Waals surface area contributed by atoms with Gasteiger partial charge in [-0.3, -0.25) is 0 Å². The minimum atomic E-state index is 0.697. The Morgan fingerprint density at radius 1 is 1.32 bits per heavy atom. The third-order valence-electron chi connectivity index (χ3n) is 4.21. The number of nitrogens with zero attached hydrogens (tertiary/aromatic N) is 2. The minimum absolute atomic E-state index is 0.697. The van der Waals surface area contributed by atoms with Crippen LogP contribution in [0.25, 0.3) is 11.0 Å². The van der Waals surface area contributed by atoms with Crippen molar-refractivity contribution in [3.8, 4) is 0 Å². The maximum absolute atomic E-state index is 5.89. The fourth-order valence-electron chi connectivity index (χ4n) is 3.00. The van der Waals surface area contributed by atoms with Gasteiger partial charge < -0.3 is 10.3 Å². The van der Waals surface area contributed by atoms with E-state index in [2.05, 4.69) is 22.4 Å². The lowest BCUT2D eigenvalue weighted by atomic mass is 10.1. The van der Waals surface area contributed by atoms with E-state index in [9.17, 15) is 0 Å². The highest BCUT2D eigenvalue weighted by molar-refractivity contribution is 7.99. The van der Waals surface area contributed by atoms with Crippen LogP contribution < -0.4 is 5.73 Å². The molecule has 2 fully saturated rings. The SMILES string of the molecule is Nc1ccc2c(c1)nc(C1CC1)n2CC1CCSC1. The van der Waals surface area contributed by atoms with Crippen LogP contribution in [0, 0.1) is 5.92 Å². The number of benzene rings is 1. The van der Waals surface area contributed by atoms with E-state index >= 15 is 0 Å². The van der Waals surface area contributed by atoms with Crippen LogP contribution in [0.1, 0.15) is 31.0 Å². The van der Waals surface area contributed by atoms with Gasteiger partial charge in [0.2, 0.25) is 0 Å². The monoisotopic (exact) mass is 273 g/mol. The van der Waals surface area contributed by atoms with Gasteiger partial charge >= 0.3 is 0 Å². The molecule has 19 heavy (non-hydrogen) atoms. The van der Waals surface area contributed by atoms with E-state index in [-0.39, 0.29) is 0 Å². The summed E-state index contributed by atoms with van der Waals surface area (Å²) in [6.45, 7) is 1.14. The summed E-state index contributed by atoms with van der Waals surface area (Å²) in [7, 11) is 0. The molecule has 1 atom stereocenters. The molecule has 0 bridgehead atoms. The number of fused-ring (bicyclic) bond motifs is 1. The number of thioether (sulfide) groups is 1. The number of nitrogen functional groups attached to an aromatic ring is 1. The van der Waals surface area contributed by atoms with Gasteiger partial charge in [-0.15, -0.1) is 0 Å². The third kappa shape index (κ3) is 2.12. The van der Waals surface area contributed by atoms with E-state index in [0.717, 1.165) is 23.7 Å². The first kappa shape index (κ1) is 11.6. The Morgan fingerprint density at radius 3 is 2.95 bits per heavy atom. The van der Waals surface area contributed by atoms with E-state index in [4.69, 9.17) is 10.7 Å². The Labute approximate surface area is 117 Å². The molecule has 0 spiro atoms. The fraction of sp³-hybridized carbons (Fsp3) is 0.533. The quantitative estimate of drug-likeness (QED) is 0.873. The van der Waals surface area contributed by atoms with Gasteiger partial charge in [-0.1, -0.05) is 0 Å². The number of hydrogen-bond donors (Lipinski definition) is 1. The summed E-state index contributed by atoms with van der Waals surface area (Å²) in [6, 6.07) is 6.16. The van der Waals surface area contributed by atoms with E-state index in [1.165, 1.54) is 42.1 Å². The highest BCUT2D eigenvalue weighted by Crippen LogP contribution is 2.41. The summed E-state index contributed by atoms with van der Waals surface area (Å²) >= 11 is 2.09. The van der Waals surface area contributed by atoms with Crippen molar-refractivity contribution < 1.29 is 0 Å². The van der Waals surface area contributed by atoms with Crippen LogP contribution in [0.5, 0.6) is 0 Å². The highest BCUT2D eigenvalue weighted by atomic mass is 32.2. The molecule has 1 unspecified atom stereocenters. The lowest BCUT2D eigenvalue weighted by Crippen LogP contribution is -2.12. The summed E-state index contributed by atoms with van der Waals surface area (Å²) < 4.78 is 2.48. The maximum Gasteiger partial charge on any atom is 0.113 e. The molecule has 0 radical (unpaired) electrons. The standard InChI is InChI=1S/C15H19N3S/c16-12-3-4-14-13(7-12)17-15(11-1-2-11)18(14)8-10-5-6-19-9-10/h3-4,7,10-11H,1-2,5-6,8-9,16H2. The largest absolute Gasteiger partial charge is 0.399 e. The number of hydrogen-bond acceptors (Lipinski definition) is 3. The summed E-state index contributed by atoms with van der Waals surface area (Å²) in [5.41, 5.74) is 9.05. The number of anilines is 1. The van der Waals surface area contributed by atoms with Gasteiger partial charge in [0.25, 0.3) is 0 Å². The molecular formula is C15H19N3S. The molecule has 2 heterocycles. The Morgan fingerprint density at radius 2 is 2.21 bits per heavy atom. The van der Waals surface area contributed by atoms with Crippen LogP contribution in [-0.4, -0.2) is 21.1 Å².